The van der Waals surface area contributed by atoms with Crippen molar-refractivity contribution < 1.29 is 9.53 Å². The van der Waals surface area contributed by atoms with Crippen LogP contribution in [0.4, 0.5) is 0 Å². The van der Waals surface area contributed by atoms with E-state index in [4.69, 9.17) is 4.74 Å². The molecule has 2 aliphatic rings. The second kappa shape index (κ2) is 5.57. The third kappa shape index (κ3) is 2.24. The highest BCUT2D eigenvalue weighted by Gasteiger charge is 2.55. The minimum atomic E-state index is -0.217. The minimum absolute atomic E-state index is 0.0399. The molecule has 1 aromatic rings. The van der Waals surface area contributed by atoms with Crippen LogP contribution in [0.15, 0.2) is 30.3 Å². The zero-order chi connectivity index (χ0) is 14.0. The van der Waals surface area contributed by atoms with E-state index in [1.165, 1.54) is 5.56 Å². The average Bonchev–Trinajstić information content (AvgIpc) is 3.02. The first-order valence-corrected chi connectivity index (χ1v) is 7.71. The van der Waals surface area contributed by atoms with Gasteiger partial charge >= 0.3 is 5.97 Å². The summed E-state index contributed by atoms with van der Waals surface area (Å²) in [4.78, 5) is 14.9. The summed E-state index contributed by atoms with van der Waals surface area (Å²) in [6, 6.07) is 10.9. The van der Waals surface area contributed by atoms with Crippen LogP contribution in [-0.2, 0) is 16.1 Å². The van der Waals surface area contributed by atoms with Gasteiger partial charge in [-0.3, -0.25) is 9.69 Å². The Bertz CT molecular complexity index is 473. The number of nitrogens with zero attached hydrogens (tertiary/aromatic N) is 1. The lowest BCUT2D eigenvalue weighted by atomic mass is 9.82. The highest BCUT2D eigenvalue weighted by molar-refractivity contribution is 5.78. The summed E-state index contributed by atoms with van der Waals surface area (Å²) >= 11 is 0. The van der Waals surface area contributed by atoms with E-state index in [0.29, 0.717) is 12.6 Å². The number of likely N-dealkylation sites (tertiary alicyclic amines) is 1. The molecule has 3 rings (SSSR count). The highest BCUT2D eigenvalue weighted by Crippen LogP contribution is 2.50. The molecule has 0 amide bonds. The monoisotopic (exact) mass is 273 g/mol. The number of rotatable bonds is 4. The molecule has 0 spiro atoms. The fourth-order valence-corrected chi connectivity index (χ4v) is 4.00. The minimum Gasteiger partial charge on any atom is -0.466 e. The topological polar surface area (TPSA) is 29.5 Å². The molecule has 2 fully saturated rings. The van der Waals surface area contributed by atoms with Crippen molar-refractivity contribution in [1.82, 2.24) is 4.90 Å². The maximum Gasteiger partial charge on any atom is 0.313 e. The lowest BCUT2D eigenvalue weighted by Gasteiger charge is -2.30. The molecule has 3 nitrogen and oxygen atoms in total. The number of ether oxygens (including phenoxy) is 1. The van der Waals surface area contributed by atoms with E-state index in [1.54, 1.807) is 0 Å². The van der Waals surface area contributed by atoms with Crippen molar-refractivity contribution in [2.75, 3.05) is 13.2 Å². The van der Waals surface area contributed by atoms with Crippen molar-refractivity contribution in [1.29, 1.82) is 0 Å². The number of hydrogen-bond acceptors (Lipinski definition) is 3. The number of fused-ring (bicyclic) bond motifs is 1. The molecule has 1 saturated carbocycles. The summed E-state index contributed by atoms with van der Waals surface area (Å²) in [7, 11) is 0. The van der Waals surface area contributed by atoms with Crippen LogP contribution in [0.3, 0.4) is 0 Å². The van der Waals surface area contributed by atoms with Crippen molar-refractivity contribution in [3.8, 4) is 0 Å². The predicted molar refractivity (Wildman–Crippen MR) is 78.2 cm³/mol. The third-order valence-corrected chi connectivity index (χ3v) is 4.93. The van der Waals surface area contributed by atoms with E-state index in [1.807, 2.05) is 13.0 Å². The van der Waals surface area contributed by atoms with Gasteiger partial charge in [-0.2, -0.15) is 0 Å². The molecule has 108 valence electrons. The second-order valence-corrected chi connectivity index (χ2v) is 5.99. The molecule has 1 saturated heterocycles. The summed E-state index contributed by atoms with van der Waals surface area (Å²) in [5.41, 5.74) is 1.11. The van der Waals surface area contributed by atoms with E-state index in [-0.39, 0.29) is 11.4 Å². The summed E-state index contributed by atoms with van der Waals surface area (Å²) in [6.07, 6.45) is 4.24. The lowest BCUT2D eigenvalue weighted by molar-refractivity contribution is -0.156. The lowest BCUT2D eigenvalue weighted by Crippen LogP contribution is -2.41. The van der Waals surface area contributed by atoms with Gasteiger partial charge in [-0.05, 0) is 38.3 Å². The van der Waals surface area contributed by atoms with Gasteiger partial charge < -0.3 is 4.74 Å². The van der Waals surface area contributed by atoms with Crippen LogP contribution >= 0.6 is 0 Å². The number of benzene rings is 1. The normalized spacial score (nSPS) is 29.4. The molecular formula is C17H23NO2. The summed E-state index contributed by atoms with van der Waals surface area (Å²) in [5, 5.41) is 0. The Morgan fingerprint density at radius 1 is 1.35 bits per heavy atom. The number of hydrogen-bond donors (Lipinski definition) is 0. The highest BCUT2D eigenvalue weighted by atomic mass is 16.5. The van der Waals surface area contributed by atoms with Crippen molar-refractivity contribution in [3.05, 3.63) is 35.9 Å². The molecule has 3 heteroatoms. The predicted octanol–water partition coefficient (Wildman–Crippen LogP) is 2.99. The van der Waals surface area contributed by atoms with Gasteiger partial charge in [0, 0.05) is 12.6 Å². The van der Waals surface area contributed by atoms with Crippen molar-refractivity contribution in [3.63, 3.8) is 0 Å². The molecule has 0 unspecified atom stereocenters. The van der Waals surface area contributed by atoms with Gasteiger partial charge in [0.2, 0.25) is 0 Å². The van der Waals surface area contributed by atoms with Crippen LogP contribution in [0.5, 0.6) is 0 Å². The average molecular weight is 273 g/mol. The van der Waals surface area contributed by atoms with E-state index >= 15 is 0 Å². The smallest absolute Gasteiger partial charge is 0.313 e. The molecule has 20 heavy (non-hydrogen) atoms. The summed E-state index contributed by atoms with van der Waals surface area (Å²) in [6.45, 7) is 4.35. The van der Waals surface area contributed by atoms with Gasteiger partial charge in [0.05, 0.1) is 12.0 Å². The van der Waals surface area contributed by atoms with Crippen LogP contribution < -0.4 is 0 Å². The second-order valence-electron chi connectivity index (χ2n) is 5.99. The van der Waals surface area contributed by atoms with Crippen LogP contribution in [0.1, 0.15) is 38.2 Å². The zero-order valence-corrected chi connectivity index (χ0v) is 12.2. The molecule has 0 aromatic heterocycles. The van der Waals surface area contributed by atoms with Crippen LogP contribution in [0.2, 0.25) is 0 Å². The molecule has 0 radical (unpaired) electrons. The van der Waals surface area contributed by atoms with Gasteiger partial charge in [0.25, 0.3) is 0 Å². The largest absolute Gasteiger partial charge is 0.466 e. The molecule has 1 aliphatic carbocycles. The Morgan fingerprint density at radius 2 is 2.15 bits per heavy atom. The number of carbonyl (C=O) groups excluding carboxylic acids is 1. The van der Waals surface area contributed by atoms with Crippen LogP contribution in [0.25, 0.3) is 0 Å². The Hall–Kier alpha value is -1.35. The van der Waals surface area contributed by atoms with Crippen LogP contribution in [0, 0.1) is 5.41 Å². The Labute approximate surface area is 120 Å². The first-order valence-electron chi connectivity index (χ1n) is 7.71. The van der Waals surface area contributed by atoms with Gasteiger partial charge in [-0.15, -0.1) is 0 Å². The molecule has 1 aliphatic heterocycles. The molecule has 1 aromatic carbocycles. The summed E-state index contributed by atoms with van der Waals surface area (Å²) < 4.78 is 5.36. The number of carbonyl (C=O) groups is 1. The fraction of sp³-hybridized carbons (Fsp3) is 0.588. The Balaban J connectivity index is 1.75. The molecule has 2 atom stereocenters. The summed E-state index contributed by atoms with van der Waals surface area (Å²) in [5.74, 6) is 0.0399. The zero-order valence-electron chi connectivity index (χ0n) is 12.2. The molecule has 0 N–H and O–H groups in total. The number of esters is 1. The van der Waals surface area contributed by atoms with Gasteiger partial charge in [0.1, 0.15) is 0 Å². The van der Waals surface area contributed by atoms with Gasteiger partial charge in [0.15, 0.2) is 0 Å². The SMILES string of the molecule is CCOC(=O)[C@]12CCC[C@@H]1N(Cc1ccccc1)CC2. The molecule has 1 heterocycles. The first-order chi connectivity index (χ1) is 9.76. The van der Waals surface area contributed by atoms with Crippen molar-refractivity contribution in [2.24, 2.45) is 5.41 Å². The van der Waals surface area contributed by atoms with E-state index in [2.05, 4.69) is 29.2 Å². The quantitative estimate of drug-likeness (QED) is 0.790. The van der Waals surface area contributed by atoms with E-state index in [0.717, 1.165) is 38.8 Å². The molecule has 0 bridgehead atoms. The maximum atomic E-state index is 12.4. The van der Waals surface area contributed by atoms with E-state index < -0.39 is 0 Å². The first kappa shape index (κ1) is 13.6. The van der Waals surface area contributed by atoms with Crippen molar-refractivity contribution >= 4 is 5.97 Å². The van der Waals surface area contributed by atoms with E-state index in [9.17, 15) is 4.79 Å². The van der Waals surface area contributed by atoms with Crippen LogP contribution in [-0.4, -0.2) is 30.1 Å². The third-order valence-electron chi connectivity index (χ3n) is 4.93. The van der Waals surface area contributed by atoms with Gasteiger partial charge in [-0.1, -0.05) is 36.8 Å². The van der Waals surface area contributed by atoms with Gasteiger partial charge in [-0.25, -0.2) is 0 Å². The Morgan fingerprint density at radius 3 is 2.90 bits per heavy atom. The fourth-order valence-electron chi connectivity index (χ4n) is 4.00. The maximum absolute atomic E-state index is 12.4. The van der Waals surface area contributed by atoms with Crippen molar-refractivity contribution in [2.45, 2.75) is 45.2 Å². The Kier molecular flexibility index (Phi) is 3.79. The standard InChI is InChI=1S/C17H23NO2/c1-2-20-16(19)17-10-6-9-15(17)18(12-11-17)13-14-7-4-3-5-8-14/h3-5,7-8,15H,2,6,9-13H2,1H3/t15-,17-/m0/s1. The molecular weight excluding hydrogens is 250 g/mol.